The third-order valence-corrected chi connectivity index (χ3v) is 4.73. The van der Waals surface area contributed by atoms with Crippen LogP contribution in [0.5, 0.6) is 5.88 Å². The second kappa shape index (κ2) is 4.70. The van der Waals surface area contributed by atoms with Crippen molar-refractivity contribution in [1.29, 1.82) is 0 Å². The summed E-state index contributed by atoms with van der Waals surface area (Å²) in [7, 11) is 3.71. The van der Waals surface area contributed by atoms with Crippen molar-refractivity contribution in [2.75, 3.05) is 19.1 Å². The Kier molecular flexibility index (Phi) is 2.81. The molecule has 1 fully saturated rings. The fourth-order valence-corrected chi connectivity index (χ4v) is 3.20. The van der Waals surface area contributed by atoms with E-state index in [2.05, 4.69) is 21.9 Å². The summed E-state index contributed by atoms with van der Waals surface area (Å²) in [6.45, 7) is 0. The van der Waals surface area contributed by atoms with Gasteiger partial charge < -0.3 is 9.64 Å². The number of pyridine rings is 1. The van der Waals surface area contributed by atoms with Crippen molar-refractivity contribution in [2.45, 2.75) is 18.9 Å². The van der Waals surface area contributed by atoms with Gasteiger partial charge in [-0.15, -0.1) is 5.10 Å². The van der Waals surface area contributed by atoms with Gasteiger partial charge in [-0.25, -0.2) is 14.5 Å². The molecule has 0 atom stereocenters. The standard InChI is InChI=1S/C14H15N5OS/c1-18(10-4-5-10)14-17-19-11(8-16-13(19)21-14)9-3-6-12(20-2)15-7-9/h3,6-8,10H,4-5H2,1-2H3. The molecule has 1 saturated carbocycles. The summed E-state index contributed by atoms with van der Waals surface area (Å²) < 4.78 is 6.98. The van der Waals surface area contributed by atoms with Gasteiger partial charge in [0.2, 0.25) is 16.0 Å². The van der Waals surface area contributed by atoms with Gasteiger partial charge in [-0.1, -0.05) is 11.3 Å². The summed E-state index contributed by atoms with van der Waals surface area (Å²) in [5, 5.41) is 5.71. The molecule has 21 heavy (non-hydrogen) atoms. The van der Waals surface area contributed by atoms with E-state index in [0.29, 0.717) is 11.9 Å². The van der Waals surface area contributed by atoms with E-state index < -0.39 is 0 Å². The molecular weight excluding hydrogens is 286 g/mol. The van der Waals surface area contributed by atoms with Crippen molar-refractivity contribution < 1.29 is 4.74 Å². The second-order valence-electron chi connectivity index (χ2n) is 5.15. The predicted octanol–water partition coefficient (Wildman–Crippen LogP) is 2.46. The summed E-state index contributed by atoms with van der Waals surface area (Å²) in [5.41, 5.74) is 1.93. The van der Waals surface area contributed by atoms with Gasteiger partial charge in [-0.3, -0.25) is 0 Å². The van der Waals surface area contributed by atoms with Crippen LogP contribution in [0.2, 0.25) is 0 Å². The van der Waals surface area contributed by atoms with Gasteiger partial charge in [0.05, 0.1) is 19.0 Å². The molecule has 0 spiro atoms. The number of rotatable bonds is 4. The number of fused-ring (bicyclic) bond motifs is 1. The van der Waals surface area contributed by atoms with E-state index in [1.807, 2.05) is 22.8 Å². The van der Waals surface area contributed by atoms with Crippen LogP contribution in [-0.2, 0) is 0 Å². The zero-order valence-electron chi connectivity index (χ0n) is 11.9. The van der Waals surface area contributed by atoms with Gasteiger partial charge in [-0.05, 0) is 18.9 Å². The Morgan fingerprint density at radius 2 is 2.14 bits per heavy atom. The first-order valence-corrected chi connectivity index (χ1v) is 7.66. The number of nitrogens with zero attached hydrogens (tertiary/aromatic N) is 5. The molecule has 1 aliphatic carbocycles. The fraction of sp³-hybridized carbons (Fsp3) is 0.357. The lowest BCUT2D eigenvalue weighted by molar-refractivity contribution is 0.398. The van der Waals surface area contributed by atoms with E-state index in [4.69, 9.17) is 9.84 Å². The second-order valence-corrected chi connectivity index (χ2v) is 6.09. The van der Waals surface area contributed by atoms with Crippen LogP contribution in [0.3, 0.4) is 0 Å². The quantitative estimate of drug-likeness (QED) is 0.741. The van der Waals surface area contributed by atoms with E-state index >= 15 is 0 Å². The van der Waals surface area contributed by atoms with Crippen LogP contribution in [-0.4, -0.2) is 39.8 Å². The lowest BCUT2D eigenvalue weighted by Gasteiger charge is -2.12. The van der Waals surface area contributed by atoms with Crippen LogP contribution in [0, 0.1) is 0 Å². The first kappa shape index (κ1) is 12.6. The molecular formula is C14H15N5OS. The van der Waals surface area contributed by atoms with Crippen molar-refractivity contribution in [1.82, 2.24) is 19.6 Å². The summed E-state index contributed by atoms with van der Waals surface area (Å²) in [6, 6.07) is 4.46. The first-order chi connectivity index (χ1) is 10.3. The Morgan fingerprint density at radius 1 is 1.29 bits per heavy atom. The lowest BCUT2D eigenvalue weighted by Crippen LogP contribution is -2.19. The summed E-state index contributed by atoms with van der Waals surface area (Å²) >= 11 is 1.62. The van der Waals surface area contributed by atoms with Gasteiger partial charge >= 0.3 is 0 Å². The Balaban J connectivity index is 1.73. The Labute approximate surface area is 126 Å². The molecule has 1 aliphatic rings. The van der Waals surface area contributed by atoms with Gasteiger partial charge in [0.1, 0.15) is 0 Å². The van der Waals surface area contributed by atoms with E-state index in [0.717, 1.165) is 21.3 Å². The third-order valence-electron chi connectivity index (χ3n) is 3.71. The van der Waals surface area contributed by atoms with Crippen molar-refractivity contribution in [3.05, 3.63) is 24.5 Å². The monoisotopic (exact) mass is 301 g/mol. The largest absolute Gasteiger partial charge is 0.481 e. The number of imidazole rings is 1. The van der Waals surface area contributed by atoms with E-state index in [1.54, 1.807) is 24.6 Å². The van der Waals surface area contributed by atoms with Gasteiger partial charge in [0.15, 0.2) is 0 Å². The maximum atomic E-state index is 5.09. The highest BCUT2D eigenvalue weighted by Gasteiger charge is 2.28. The molecule has 0 N–H and O–H groups in total. The Hall–Kier alpha value is -2.15. The highest BCUT2D eigenvalue weighted by Crippen LogP contribution is 2.34. The number of anilines is 1. The van der Waals surface area contributed by atoms with E-state index in [1.165, 1.54) is 12.8 Å². The first-order valence-electron chi connectivity index (χ1n) is 6.84. The molecule has 0 amide bonds. The Morgan fingerprint density at radius 3 is 2.81 bits per heavy atom. The molecule has 3 heterocycles. The molecule has 7 heteroatoms. The van der Waals surface area contributed by atoms with Gasteiger partial charge in [0, 0.05) is 30.9 Å². The zero-order valence-corrected chi connectivity index (χ0v) is 12.7. The number of methoxy groups -OCH3 is 1. The SMILES string of the molecule is COc1ccc(-c2cnc3sc(N(C)C4CC4)nn23)cn1. The van der Waals surface area contributed by atoms with Crippen molar-refractivity contribution in [2.24, 2.45) is 0 Å². The van der Waals surface area contributed by atoms with Crippen LogP contribution < -0.4 is 9.64 Å². The highest BCUT2D eigenvalue weighted by atomic mass is 32.1. The highest BCUT2D eigenvalue weighted by molar-refractivity contribution is 7.20. The minimum absolute atomic E-state index is 0.604. The normalized spacial score (nSPS) is 14.6. The molecule has 0 bridgehead atoms. The van der Waals surface area contributed by atoms with E-state index in [-0.39, 0.29) is 0 Å². The smallest absolute Gasteiger partial charge is 0.214 e. The molecule has 4 rings (SSSR count). The molecule has 0 saturated heterocycles. The minimum Gasteiger partial charge on any atom is -0.481 e. The average molecular weight is 301 g/mol. The summed E-state index contributed by atoms with van der Waals surface area (Å²) in [4.78, 5) is 11.8. The van der Waals surface area contributed by atoms with Crippen LogP contribution in [0.25, 0.3) is 16.2 Å². The molecule has 0 aromatic carbocycles. The number of hydrogen-bond donors (Lipinski definition) is 0. The van der Waals surface area contributed by atoms with Crippen LogP contribution in [0.15, 0.2) is 24.5 Å². The Bertz CT molecular complexity index is 774. The van der Waals surface area contributed by atoms with Crippen molar-refractivity contribution in [3.63, 3.8) is 0 Å². The molecule has 0 unspecified atom stereocenters. The van der Waals surface area contributed by atoms with Gasteiger partial charge in [0.25, 0.3) is 0 Å². The molecule has 0 radical (unpaired) electrons. The molecule has 3 aromatic heterocycles. The molecule has 0 aliphatic heterocycles. The summed E-state index contributed by atoms with van der Waals surface area (Å²) in [6.07, 6.45) is 6.14. The number of aromatic nitrogens is 4. The van der Waals surface area contributed by atoms with Gasteiger partial charge in [-0.2, -0.15) is 0 Å². The third kappa shape index (κ3) is 2.13. The molecule has 108 valence electrons. The fourth-order valence-electron chi connectivity index (χ4n) is 2.29. The maximum absolute atomic E-state index is 5.09. The minimum atomic E-state index is 0.604. The molecule has 3 aromatic rings. The number of hydrogen-bond acceptors (Lipinski definition) is 6. The summed E-state index contributed by atoms with van der Waals surface area (Å²) in [5.74, 6) is 0.604. The van der Waals surface area contributed by atoms with Crippen LogP contribution in [0.1, 0.15) is 12.8 Å². The van der Waals surface area contributed by atoms with Crippen LogP contribution >= 0.6 is 11.3 Å². The zero-order chi connectivity index (χ0) is 14.4. The van der Waals surface area contributed by atoms with Crippen LogP contribution in [0.4, 0.5) is 5.13 Å². The van der Waals surface area contributed by atoms with E-state index in [9.17, 15) is 0 Å². The number of ether oxygens (including phenoxy) is 1. The van der Waals surface area contributed by atoms with Crippen molar-refractivity contribution in [3.8, 4) is 17.1 Å². The predicted molar refractivity (Wildman–Crippen MR) is 82.1 cm³/mol. The lowest BCUT2D eigenvalue weighted by atomic mass is 10.2. The topological polar surface area (TPSA) is 55.5 Å². The average Bonchev–Trinajstić information content (AvgIpc) is 3.16. The maximum Gasteiger partial charge on any atom is 0.214 e. The van der Waals surface area contributed by atoms with Crippen molar-refractivity contribution >= 4 is 21.4 Å². The molecule has 6 nitrogen and oxygen atoms in total.